The van der Waals surface area contributed by atoms with Crippen LogP contribution in [0, 0.1) is 0 Å². The summed E-state index contributed by atoms with van der Waals surface area (Å²) in [6.07, 6.45) is -3.82. The first-order chi connectivity index (χ1) is 14.9. The molecule has 0 saturated heterocycles. The Bertz CT molecular complexity index is 1050. The molecule has 0 aromatic heterocycles. The largest absolute Gasteiger partial charge is 0.493 e. The fourth-order valence-electron chi connectivity index (χ4n) is 3.67. The van der Waals surface area contributed by atoms with Crippen molar-refractivity contribution in [3.05, 3.63) is 95.6 Å². The quantitative estimate of drug-likeness (QED) is 0.567. The molecule has 0 spiro atoms. The smallest absolute Gasteiger partial charge is 0.416 e. The highest BCUT2D eigenvalue weighted by molar-refractivity contribution is 5.95. The summed E-state index contributed by atoms with van der Waals surface area (Å²) >= 11 is 0. The van der Waals surface area contributed by atoms with Crippen LogP contribution >= 0.6 is 0 Å². The van der Waals surface area contributed by atoms with E-state index in [0.717, 1.165) is 29.0 Å². The van der Waals surface area contributed by atoms with Gasteiger partial charge < -0.3 is 10.1 Å². The minimum atomic E-state index is -4.48. The van der Waals surface area contributed by atoms with Gasteiger partial charge in [-0.3, -0.25) is 10.1 Å². The van der Waals surface area contributed by atoms with Gasteiger partial charge in [-0.25, -0.2) is 0 Å². The van der Waals surface area contributed by atoms with Gasteiger partial charge in [-0.15, -0.1) is 0 Å². The highest BCUT2D eigenvalue weighted by atomic mass is 19.4. The molecule has 4 nitrogen and oxygen atoms in total. The van der Waals surface area contributed by atoms with E-state index in [-0.39, 0.29) is 11.7 Å². The summed E-state index contributed by atoms with van der Waals surface area (Å²) in [5.41, 5.74) is 0.945. The standard InChI is InChI=1S/C24H21F3N2O2/c25-24(26,27)17-9-6-10-18(15-17)28-23(30)22(16-7-2-1-3-8-16)29-20-13-14-31-21-12-5-4-11-19(20)21/h1-12,15,20,22,29H,13-14H2,(H,28,30)/t20-,22+/m1/s1. The third kappa shape index (κ3) is 4.88. The zero-order chi connectivity index (χ0) is 21.8. The van der Waals surface area contributed by atoms with Gasteiger partial charge in [-0.2, -0.15) is 13.2 Å². The molecule has 0 saturated carbocycles. The van der Waals surface area contributed by atoms with Crippen molar-refractivity contribution in [2.75, 3.05) is 11.9 Å². The Kier molecular flexibility index (Phi) is 5.95. The normalized spacial score (nSPS) is 16.7. The molecule has 2 N–H and O–H groups in total. The first-order valence-corrected chi connectivity index (χ1v) is 9.92. The van der Waals surface area contributed by atoms with Crippen molar-refractivity contribution in [1.29, 1.82) is 0 Å². The average molecular weight is 426 g/mol. The van der Waals surface area contributed by atoms with E-state index in [9.17, 15) is 18.0 Å². The fraction of sp³-hybridized carbons (Fsp3) is 0.208. The van der Waals surface area contributed by atoms with Gasteiger partial charge in [-0.05, 0) is 29.8 Å². The summed E-state index contributed by atoms with van der Waals surface area (Å²) in [6, 6.07) is 20.5. The maximum Gasteiger partial charge on any atom is 0.416 e. The highest BCUT2D eigenvalue weighted by Gasteiger charge is 2.31. The van der Waals surface area contributed by atoms with Crippen LogP contribution in [-0.2, 0) is 11.0 Å². The lowest BCUT2D eigenvalue weighted by Crippen LogP contribution is -2.37. The fourth-order valence-corrected chi connectivity index (χ4v) is 3.67. The monoisotopic (exact) mass is 426 g/mol. The van der Waals surface area contributed by atoms with Crippen LogP contribution in [0.15, 0.2) is 78.9 Å². The Balaban J connectivity index is 1.60. The lowest BCUT2D eigenvalue weighted by Gasteiger charge is -2.30. The minimum absolute atomic E-state index is 0.0925. The van der Waals surface area contributed by atoms with Gasteiger partial charge >= 0.3 is 6.18 Å². The zero-order valence-electron chi connectivity index (χ0n) is 16.5. The van der Waals surface area contributed by atoms with Gasteiger partial charge in [0, 0.05) is 23.7 Å². The Morgan fingerprint density at radius 3 is 2.48 bits per heavy atom. The van der Waals surface area contributed by atoms with Crippen molar-refractivity contribution < 1.29 is 22.7 Å². The molecule has 4 rings (SSSR count). The van der Waals surface area contributed by atoms with Gasteiger partial charge in [0.05, 0.1) is 12.2 Å². The third-order valence-corrected chi connectivity index (χ3v) is 5.18. The van der Waals surface area contributed by atoms with Gasteiger partial charge in [0.15, 0.2) is 0 Å². The van der Waals surface area contributed by atoms with Crippen LogP contribution in [0.1, 0.15) is 35.2 Å². The molecule has 0 radical (unpaired) electrons. The number of hydrogen-bond donors (Lipinski definition) is 2. The number of halogens is 3. The third-order valence-electron chi connectivity index (χ3n) is 5.18. The molecule has 1 aliphatic rings. The van der Waals surface area contributed by atoms with E-state index in [1.54, 1.807) is 0 Å². The molecule has 31 heavy (non-hydrogen) atoms. The summed E-state index contributed by atoms with van der Waals surface area (Å²) < 4.78 is 44.8. The van der Waals surface area contributed by atoms with E-state index in [0.29, 0.717) is 13.0 Å². The number of carbonyl (C=O) groups is 1. The maximum absolute atomic E-state index is 13.2. The molecule has 7 heteroatoms. The second-order valence-corrected chi connectivity index (χ2v) is 7.31. The first kappa shape index (κ1) is 20.9. The number of hydrogen-bond acceptors (Lipinski definition) is 3. The number of carbonyl (C=O) groups excluding carboxylic acids is 1. The molecule has 0 aliphatic carbocycles. The van der Waals surface area contributed by atoms with Crippen molar-refractivity contribution in [3.8, 4) is 5.75 Å². The number of rotatable bonds is 5. The molecular formula is C24H21F3N2O2. The topological polar surface area (TPSA) is 50.4 Å². The Labute approximate surface area is 178 Å². The second-order valence-electron chi connectivity index (χ2n) is 7.31. The van der Waals surface area contributed by atoms with Crippen LogP contribution in [0.25, 0.3) is 0 Å². The van der Waals surface area contributed by atoms with Crippen LogP contribution in [0.5, 0.6) is 5.75 Å². The van der Waals surface area contributed by atoms with E-state index < -0.39 is 23.7 Å². The SMILES string of the molecule is O=C(Nc1cccc(C(F)(F)F)c1)[C@@H](N[C@@H]1CCOc2ccccc21)c1ccccc1. The number of nitrogens with one attached hydrogen (secondary N) is 2. The predicted molar refractivity (Wildman–Crippen MR) is 112 cm³/mol. The van der Waals surface area contributed by atoms with Gasteiger partial charge in [0.1, 0.15) is 11.8 Å². The summed E-state index contributed by atoms with van der Waals surface area (Å²) in [4.78, 5) is 13.2. The molecule has 1 aliphatic heterocycles. The van der Waals surface area contributed by atoms with Crippen molar-refractivity contribution >= 4 is 11.6 Å². The Hall–Kier alpha value is -3.32. The summed E-state index contributed by atoms with van der Waals surface area (Å²) in [5, 5.41) is 6.01. The van der Waals surface area contributed by atoms with Crippen LogP contribution in [0.4, 0.5) is 18.9 Å². The second kappa shape index (κ2) is 8.81. The first-order valence-electron chi connectivity index (χ1n) is 9.92. The number of fused-ring (bicyclic) bond motifs is 1. The number of alkyl halides is 3. The number of para-hydroxylation sites is 1. The summed E-state index contributed by atoms with van der Waals surface area (Å²) in [5.74, 6) is 0.325. The van der Waals surface area contributed by atoms with Crippen molar-refractivity contribution in [2.45, 2.75) is 24.7 Å². The number of benzene rings is 3. The van der Waals surface area contributed by atoms with Gasteiger partial charge in [-0.1, -0.05) is 54.6 Å². The van der Waals surface area contributed by atoms with Crippen LogP contribution < -0.4 is 15.4 Å². The maximum atomic E-state index is 13.2. The van der Waals surface area contributed by atoms with E-state index in [4.69, 9.17) is 4.74 Å². The molecule has 3 aromatic carbocycles. The summed E-state index contributed by atoms with van der Waals surface area (Å²) in [6.45, 7) is 0.505. The molecule has 0 unspecified atom stereocenters. The molecule has 1 amide bonds. The number of anilines is 1. The van der Waals surface area contributed by atoms with Crippen molar-refractivity contribution in [1.82, 2.24) is 5.32 Å². The molecular weight excluding hydrogens is 405 g/mol. The van der Waals surface area contributed by atoms with Gasteiger partial charge in [0.2, 0.25) is 5.91 Å². The molecule has 0 bridgehead atoms. The van der Waals surface area contributed by atoms with Crippen LogP contribution in [0.3, 0.4) is 0 Å². The van der Waals surface area contributed by atoms with E-state index in [1.807, 2.05) is 54.6 Å². The lowest BCUT2D eigenvalue weighted by atomic mass is 9.97. The van der Waals surface area contributed by atoms with Crippen molar-refractivity contribution in [2.24, 2.45) is 0 Å². The Morgan fingerprint density at radius 1 is 0.968 bits per heavy atom. The zero-order valence-corrected chi connectivity index (χ0v) is 16.5. The Morgan fingerprint density at radius 2 is 1.71 bits per heavy atom. The van der Waals surface area contributed by atoms with E-state index in [1.165, 1.54) is 12.1 Å². The highest BCUT2D eigenvalue weighted by Crippen LogP contribution is 2.34. The molecule has 2 atom stereocenters. The molecule has 0 fully saturated rings. The molecule has 1 heterocycles. The predicted octanol–water partition coefficient (Wildman–Crippen LogP) is 5.50. The molecule has 160 valence electrons. The lowest BCUT2D eigenvalue weighted by molar-refractivity contribution is -0.137. The average Bonchev–Trinajstić information content (AvgIpc) is 2.77. The van der Waals surface area contributed by atoms with E-state index in [2.05, 4.69) is 10.6 Å². The van der Waals surface area contributed by atoms with Crippen LogP contribution in [-0.4, -0.2) is 12.5 Å². The van der Waals surface area contributed by atoms with Crippen molar-refractivity contribution in [3.63, 3.8) is 0 Å². The number of ether oxygens (including phenoxy) is 1. The van der Waals surface area contributed by atoms with Gasteiger partial charge in [0.25, 0.3) is 0 Å². The molecule has 3 aromatic rings. The summed E-state index contributed by atoms with van der Waals surface area (Å²) in [7, 11) is 0. The minimum Gasteiger partial charge on any atom is -0.493 e. The number of amides is 1. The van der Waals surface area contributed by atoms with Crippen LogP contribution in [0.2, 0.25) is 0 Å². The van der Waals surface area contributed by atoms with E-state index >= 15 is 0 Å².